The van der Waals surface area contributed by atoms with E-state index < -0.39 is 0 Å². The molecule has 1 N–H and O–H groups in total. The van der Waals surface area contributed by atoms with Gasteiger partial charge in [-0.3, -0.25) is 0 Å². The van der Waals surface area contributed by atoms with Crippen molar-refractivity contribution in [2.45, 2.75) is 0 Å². The van der Waals surface area contributed by atoms with Gasteiger partial charge in [0.05, 0.1) is 18.8 Å². The zero-order chi connectivity index (χ0) is 15.5. The van der Waals surface area contributed by atoms with Crippen molar-refractivity contribution in [3.05, 3.63) is 65.6 Å². The number of nitrogens with zero attached hydrogens (tertiary/aromatic N) is 1. The molecule has 2 aromatic carbocycles. The van der Waals surface area contributed by atoms with E-state index in [4.69, 9.17) is 4.74 Å². The Morgan fingerprint density at radius 3 is 2.68 bits per heavy atom. The summed E-state index contributed by atoms with van der Waals surface area (Å²) in [6.45, 7) is 0. The summed E-state index contributed by atoms with van der Waals surface area (Å²) in [5, 5.41) is 10.4. The predicted molar refractivity (Wildman–Crippen MR) is 84.7 cm³/mol. The zero-order valence-corrected chi connectivity index (χ0v) is 11.9. The first kappa shape index (κ1) is 13.9. The smallest absolute Gasteiger partial charge is 0.123 e. The monoisotopic (exact) mass is 292 g/mol. The second-order valence-corrected chi connectivity index (χ2v) is 4.84. The fraction of sp³-hybridized carbons (Fsp3) is 0.0556. The number of benzene rings is 2. The van der Waals surface area contributed by atoms with E-state index in [0.717, 1.165) is 27.8 Å². The van der Waals surface area contributed by atoms with E-state index in [-0.39, 0.29) is 5.82 Å². The molecule has 0 unspecified atom stereocenters. The van der Waals surface area contributed by atoms with Crippen LogP contribution in [0.15, 0.2) is 48.7 Å². The molecule has 0 amide bonds. The molecule has 0 saturated carbocycles. The number of hydrogen-bond acceptors (Lipinski definition) is 2. The van der Waals surface area contributed by atoms with Gasteiger partial charge in [0.1, 0.15) is 11.6 Å². The Labute approximate surface area is 127 Å². The Balaban J connectivity index is 2.11. The highest BCUT2D eigenvalue weighted by molar-refractivity contribution is 6.01. The van der Waals surface area contributed by atoms with Gasteiger partial charge < -0.3 is 9.72 Å². The van der Waals surface area contributed by atoms with Gasteiger partial charge in [-0.05, 0) is 42.0 Å². The highest BCUT2D eigenvalue weighted by Gasteiger charge is 2.09. The number of hydrogen-bond donors (Lipinski definition) is 1. The minimum atomic E-state index is -0.299. The number of halogens is 1. The van der Waals surface area contributed by atoms with Crippen molar-refractivity contribution in [1.82, 2.24) is 4.98 Å². The largest absolute Gasteiger partial charge is 0.497 e. The molecule has 0 aliphatic carbocycles. The lowest BCUT2D eigenvalue weighted by Gasteiger charge is -2.02. The van der Waals surface area contributed by atoms with Crippen molar-refractivity contribution in [3.8, 4) is 11.8 Å². The molecule has 0 aliphatic heterocycles. The van der Waals surface area contributed by atoms with Gasteiger partial charge in [0.15, 0.2) is 0 Å². The third-order valence-electron chi connectivity index (χ3n) is 3.48. The molecule has 0 aliphatic rings. The number of allylic oxidation sites excluding steroid dienone is 1. The predicted octanol–water partition coefficient (Wildman–Crippen LogP) is 4.38. The molecule has 3 nitrogen and oxygen atoms in total. The standard InChI is InChI=1S/C18H13FN2O/c1-22-15-6-7-18-16(9-15)17(11-21-18)13(10-20)8-12-2-4-14(19)5-3-12/h2-9,11,21H,1H3/b13-8+. The van der Waals surface area contributed by atoms with E-state index >= 15 is 0 Å². The number of aromatic amines is 1. The first-order valence-electron chi connectivity index (χ1n) is 6.74. The molecule has 1 aromatic heterocycles. The number of H-pyrrole nitrogens is 1. The molecule has 0 bridgehead atoms. The summed E-state index contributed by atoms with van der Waals surface area (Å²) in [5.74, 6) is 0.430. The quantitative estimate of drug-likeness (QED) is 0.728. The molecule has 0 atom stereocenters. The van der Waals surface area contributed by atoms with Crippen LogP contribution in [-0.2, 0) is 0 Å². The minimum Gasteiger partial charge on any atom is -0.497 e. The van der Waals surface area contributed by atoms with Crippen LogP contribution in [0.4, 0.5) is 4.39 Å². The zero-order valence-electron chi connectivity index (χ0n) is 11.9. The van der Waals surface area contributed by atoms with E-state index in [1.807, 2.05) is 18.2 Å². The van der Waals surface area contributed by atoms with E-state index in [0.29, 0.717) is 5.57 Å². The average molecular weight is 292 g/mol. The van der Waals surface area contributed by atoms with Gasteiger partial charge in [-0.2, -0.15) is 5.26 Å². The van der Waals surface area contributed by atoms with Crippen LogP contribution in [0.3, 0.4) is 0 Å². The lowest BCUT2D eigenvalue weighted by Crippen LogP contribution is -1.84. The van der Waals surface area contributed by atoms with Crippen molar-refractivity contribution < 1.29 is 9.13 Å². The Kier molecular flexibility index (Phi) is 3.63. The SMILES string of the molecule is COc1ccc2[nH]cc(/C(C#N)=C/c3ccc(F)cc3)c2c1. The Morgan fingerprint density at radius 1 is 1.23 bits per heavy atom. The van der Waals surface area contributed by atoms with E-state index in [1.165, 1.54) is 12.1 Å². The van der Waals surface area contributed by atoms with Gasteiger partial charge in [-0.15, -0.1) is 0 Å². The molecule has 108 valence electrons. The maximum Gasteiger partial charge on any atom is 0.123 e. The number of rotatable bonds is 3. The van der Waals surface area contributed by atoms with Crippen molar-refractivity contribution in [2.75, 3.05) is 7.11 Å². The van der Waals surface area contributed by atoms with Gasteiger partial charge in [-0.1, -0.05) is 12.1 Å². The van der Waals surface area contributed by atoms with Crippen molar-refractivity contribution in [2.24, 2.45) is 0 Å². The van der Waals surface area contributed by atoms with Gasteiger partial charge in [-0.25, -0.2) is 4.39 Å². The van der Waals surface area contributed by atoms with Crippen molar-refractivity contribution in [3.63, 3.8) is 0 Å². The number of fused-ring (bicyclic) bond motifs is 1. The molecule has 0 saturated heterocycles. The van der Waals surface area contributed by atoms with Gasteiger partial charge in [0, 0.05) is 22.7 Å². The molecule has 3 rings (SSSR count). The lowest BCUT2D eigenvalue weighted by atomic mass is 10.0. The van der Waals surface area contributed by atoms with Crippen LogP contribution < -0.4 is 4.74 Å². The summed E-state index contributed by atoms with van der Waals surface area (Å²) in [7, 11) is 1.60. The molecule has 1 heterocycles. The van der Waals surface area contributed by atoms with Crippen molar-refractivity contribution in [1.29, 1.82) is 5.26 Å². The van der Waals surface area contributed by atoms with Crippen LogP contribution in [0.2, 0.25) is 0 Å². The maximum absolute atomic E-state index is 13.0. The Bertz CT molecular complexity index is 886. The highest BCUT2D eigenvalue weighted by atomic mass is 19.1. The number of ether oxygens (including phenoxy) is 1. The van der Waals surface area contributed by atoms with E-state index in [9.17, 15) is 9.65 Å². The second kappa shape index (κ2) is 5.74. The topological polar surface area (TPSA) is 48.8 Å². The Hall–Kier alpha value is -3.06. The van der Waals surface area contributed by atoms with E-state index in [1.54, 1.807) is 31.5 Å². The van der Waals surface area contributed by atoms with Gasteiger partial charge in [0.25, 0.3) is 0 Å². The minimum absolute atomic E-state index is 0.299. The molecule has 3 aromatic rings. The summed E-state index contributed by atoms with van der Waals surface area (Å²) in [6, 6.07) is 13.9. The van der Waals surface area contributed by atoms with Crippen LogP contribution in [0.25, 0.3) is 22.6 Å². The number of nitrogens with one attached hydrogen (secondary N) is 1. The number of methoxy groups -OCH3 is 1. The molecule has 0 spiro atoms. The average Bonchev–Trinajstić information content (AvgIpc) is 2.97. The summed E-state index contributed by atoms with van der Waals surface area (Å²) in [5.41, 5.74) is 3.00. The first-order valence-corrected chi connectivity index (χ1v) is 6.74. The maximum atomic E-state index is 13.0. The third-order valence-corrected chi connectivity index (χ3v) is 3.48. The summed E-state index contributed by atoms with van der Waals surface area (Å²) in [4.78, 5) is 3.14. The summed E-state index contributed by atoms with van der Waals surface area (Å²) >= 11 is 0. The van der Waals surface area contributed by atoms with E-state index in [2.05, 4.69) is 11.1 Å². The molecule has 0 radical (unpaired) electrons. The molecule has 4 heteroatoms. The fourth-order valence-corrected chi connectivity index (χ4v) is 2.35. The summed E-state index contributed by atoms with van der Waals surface area (Å²) in [6.07, 6.45) is 3.53. The van der Waals surface area contributed by atoms with Crippen LogP contribution in [-0.4, -0.2) is 12.1 Å². The normalized spacial score (nSPS) is 11.4. The molecule has 22 heavy (non-hydrogen) atoms. The van der Waals surface area contributed by atoms with Crippen LogP contribution in [0, 0.1) is 17.1 Å². The Morgan fingerprint density at radius 2 is 2.00 bits per heavy atom. The number of nitriles is 1. The molecule has 0 fully saturated rings. The van der Waals surface area contributed by atoms with Crippen LogP contribution in [0.1, 0.15) is 11.1 Å². The first-order chi connectivity index (χ1) is 10.7. The molecular weight excluding hydrogens is 279 g/mol. The van der Waals surface area contributed by atoms with Crippen LogP contribution >= 0.6 is 0 Å². The fourth-order valence-electron chi connectivity index (χ4n) is 2.35. The highest BCUT2D eigenvalue weighted by Crippen LogP contribution is 2.29. The lowest BCUT2D eigenvalue weighted by molar-refractivity contribution is 0.415. The van der Waals surface area contributed by atoms with Crippen molar-refractivity contribution >= 4 is 22.6 Å². The van der Waals surface area contributed by atoms with Crippen LogP contribution in [0.5, 0.6) is 5.75 Å². The van der Waals surface area contributed by atoms with Gasteiger partial charge >= 0.3 is 0 Å². The summed E-state index contributed by atoms with van der Waals surface area (Å²) < 4.78 is 18.2. The number of aromatic nitrogens is 1. The third kappa shape index (κ3) is 2.57. The molecular formula is C18H13FN2O. The second-order valence-electron chi connectivity index (χ2n) is 4.84. The van der Waals surface area contributed by atoms with Gasteiger partial charge in [0.2, 0.25) is 0 Å².